The van der Waals surface area contributed by atoms with Gasteiger partial charge in [0, 0.05) is 28.0 Å². The molecule has 2 aliphatic rings. The van der Waals surface area contributed by atoms with Gasteiger partial charge in [-0.2, -0.15) is 0 Å². The number of urea groups is 1. The van der Waals surface area contributed by atoms with Crippen LogP contribution in [0.15, 0.2) is 42.6 Å². The van der Waals surface area contributed by atoms with Crippen LogP contribution in [0.25, 0.3) is 5.00 Å². The lowest BCUT2D eigenvalue weighted by atomic mass is 9.94. The number of carbonyl (C=O) groups is 1. The van der Waals surface area contributed by atoms with E-state index >= 15 is 0 Å². The number of rotatable bonds is 2. The zero-order chi connectivity index (χ0) is 20.8. The predicted octanol–water partition coefficient (Wildman–Crippen LogP) is 6.47. The number of thiophene rings is 1. The summed E-state index contributed by atoms with van der Waals surface area (Å²) in [4.78, 5) is 17.2. The van der Waals surface area contributed by atoms with E-state index in [2.05, 4.69) is 60.0 Å². The Morgan fingerprint density at radius 2 is 1.97 bits per heavy atom. The molecule has 1 aliphatic heterocycles. The molecule has 0 saturated heterocycles. The van der Waals surface area contributed by atoms with Crippen LogP contribution in [0.4, 0.5) is 10.5 Å². The first-order valence-electron chi connectivity index (χ1n) is 11.0. The van der Waals surface area contributed by atoms with Gasteiger partial charge in [0.25, 0.3) is 0 Å². The van der Waals surface area contributed by atoms with Gasteiger partial charge >= 0.3 is 6.03 Å². The quantitative estimate of drug-likeness (QED) is 0.508. The standard InChI is InChI=1S/C25H29N3OS/c1-16(2)23-21-11-7-13-27(21)24-20(19-10-4-5-12-22(19)30-24)15-28(23)25(29)26-18-9-6-8-17(3)14-18/h6-9,11,13-14,16,23H,4-5,10,12,15H2,1-3H3,(H,26,29)/t23-/m1/s1. The Balaban J connectivity index is 1.59. The minimum Gasteiger partial charge on any atom is -0.311 e. The van der Waals surface area contributed by atoms with E-state index in [0.717, 1.165) is 17.7 Å². The van der Waals surface area contributed by atoms with Gasteiger partial charge in [-0.25, -0.2) is 4.79 Å². The van der Waals surface area contributed by atoms with Crippen molar-refractivity contribution in [3.05, 3.63) is 69.9 Å². The summed E-state index contributed by atoms with van der Waals surface area (Å²) in [7, 11) is 0. The van der Waals surface area contributed by atoms with Crippen molar-refractivity contribution in [2.45, 2.75) is 59.0 Å². The first kappa shape index (κ1) is 19.4. The molecule has 2 aromatic heterocycles. The molecule has 1 aliphatic carbocycles. The number of hydrogen-bond donors (Lipinski definition) is 1. The molecule has 0 saturated carbocycles. The Bertz CT molecular complexity index is 1090. The summed E-state index contributed by atoms with van der Waals surface area (Å²) in [6.07, 6.45) is 7.01. The van der Waals surface area contributed by atoms with E-state index in [9.17, 15) is 4.79 Å². The number of aryl methyl sites for hydroxylation is 2. The van der Waals surface area contributed by atoms with Crippen molar-refractivity contribution in [3.8, 4) is 5.00 Å². The third-order valence-electron chi connectivity index (χ3n) is 6.39. The Hall–Kier alpha value is -2.53. The molecule has 3 heterocycles. The SMILES string of the molecule is Cc1cccc(NC(=O)N2Cc3c(sc4c3CCCC4)-n3cccc3[C@H]2C(C)C)c1. The van der Waals surface area contributed by atoms with E-state index in [1.807, 2.05) is 29.5 Å². The zero-order valence-corrected chi connectivity index (χ0v) is 18.8. The second-order valence-electron chi connectivity index (χ2n) is 8.91. The fourth-order valence-electron chi connectivity index (χ4n) is 5.04. The molecule has 5 heteroatoms. The van der Waals surface area contributed by atoms with E-state index in [-0.39, 0.29) is 12.1 Å². The number of fused-ring (bicyclic) bond motifs is 5. The van der Waals surface area contributed by atoms with Gasteiger partial charge in [-0.05, 0) is 73.9 Å². The molecule has 2 amide bonds. The molecule has 1 aromatic carbocycles. The highest BCUT2D eigenvalue weighted by atomic mass is 32.1. The van der Waals surface area contributed by atoms with Crippen LogP contribution in [-0.4, -0.2) is 15.5 Å². The van der Waals surface area contributed by atoms with Crippen molar-refractivity contribution >= 4 is 23.1 Å². The smallest absolute Gasteiger partial charge is 0.311 e. The summed E-state index contributed by atoms with van der Waals surface area (Å²) < 4.78 is 2.35. The third kappa shape index (κ3) is 3.25. The topological polar surface area (TPSA) is 37.3 Å². The van der Waals surface area contributed by atoms with Crippen LogP contribution in [0.1, 0.15) is 60.0 Å². The molecule has 156 valence electrons. The highest BCUT2D eigenvalue weighted by molar-refractivity contribution is 7.15. The fraction of sp³-hybridized carbons (Fsp3) is 0.400. The van der Waals surface area contributed by atoms with E-state index < -0.39 is 0 Å². The van der Waals surface area contributed by atoms with Crippen LogP contribution in [0.5, 0.6) is 0 Å². The van der Waals surface area contributed by atoms with Gasteiger partial charge in [0.1, 0.15) is 5.00 Å². The van der Waals surface area contributed by atoms with Gasteiger partial charge in [0.15, 0.2) is 0 Å². The summed E-state index contributed by atoms with van der Waals surface area (Å²) in [5.41, 5.74) is 6.07. The molecule has 0 unspecified atom stereocenters. The fourth-order valence-corrected chi connectivity index (χ4v) is 6.44. The number of nitrogens with one attached hydrogen (secondary N) is 1. The van der Waals surface area contributed by atoms with Crippen molar-refractivity contribution in [2.24, 2.45) is 5.92 Å². The van der Waals surface area contributed by atoms with Crippen molar-refractivity contribution in [1.29, 1.82) is 0 Å². The van der Waals surface area contributed by atoms with Crippen LogP contribution >= 0.6 is 11.3 Å². The number of benzene rings is 1. The Kier molecular flexibility index (Phi) is 4.94. The molecule has 0 fully saturated rings. The number of amides is 2. The van der Waals surface area contributed by atoms with E-state index in [1.165, 1.54) is 46.0 Å². The average molecular weight is 420 g/mol. The summed E-state index contributed by atoms with van der Waals surface area (Å²) in [6.45, 7) is 7.15. The first-order valence-corrected chi connectivity index (χ1v) is 11.8. The van der Waals surface area contributed by atoms with Crippen LogP contribution in [0.3, 0.4) is 0 Å². The van der Waals surface area contributed by atoms with Crippen molar-refractivity contribution in [2.75, 3.05) is 5.32 Å². The van der Waals surface area contributed by atoms with Gasteiger partial charge in [-0.3, -0.25) is 0 Å². The van der Waals surface area contributed by atoms with Crippen molar-refractivity contribution in [1.82, 2.24) is 9.47 Å². The third-order valence-corrected chi connectivity index (χ3v) is 7.72. The van der Waals surface area contributed by atoms with Gasteiger partial charge in [-0.15, -0.1) is 11.3 Å². The predicted molar refractivity (Wildman–Crippen MR) is 124 cm³/mol. The number of anilines is 1. The molecular weight excluding hydrogens is 390 g/mol. The highest BCUT2D eigenvalue weighted by Crippen LogP contribution is 2.44. The largest absolute Gasteiger partial charge is 0.322 e. The number of aromatic nitrogens is 1. The summed E-state index contributed by atoms with van der Waals surface area (Å²) >= 11 is 1.94. The molecule has 5 rings (SSSR count). The normalized spacial score (nSPS) is 17.9. The summed E-state index contributed by atoms with van der Waals surface area (Å²) in [5, 5.41) is 4.49. The van der Waals surface area contributed by atoms with Crippen LogP contribution in [0, 0.1) is 12.8 Å². The van der Waals surface area contributed by atoms with Crippen LogP contribution < -0.4 is 5.32 Å². The Morgan fingerprint density at radius 3 is 2.77 bits per heavy atom. The zero-order valence-electron chi connectivity index (χ0n) is 17.9. The molecule has 0 radical (unpaired) electrons. The average Bonchev–Trinajstić information content (AvgIpc) is 3.29. The lowest BCUT2D eigenvalue weighted by Gasteiger charge is -2.33. The monoisotopic (exact) mass is 419 g/mol. The van der Waals surface area contributed by atoms with Crippen molar-refractivity contribution in [3.63, 3.8) is 0 Å². The number of nitrogens with zero attached hydrogens (tertiary/aromatic N) is 2. The maximum absolute atomic E-state index is 13.6. The molecule has 4 nitrogen and oxygen atoms in total. The minimum atomic E-state index is -0.0179. The van der Waals surface area contributed by atoms with E-state index in [1.54, 1.807) is 0 Å². The number of hydrogen-bond acceptors (Lipinski definition) is 2. The summed E-state index contributed by atoms with van der Waals surface area (Å²) in [6, 6.07) is 12.4. The van der Waals surface area contributed by atoms with Crippen LogP contribution in [-0.2, 0) is 19.4 Å². The minimum absolute atomic E-state index is 0.0179. The second kappa shape index (κ2) is 7.62. The maximum atomic E-state index is 13.6. The molecule has 0 bridgehead atoms. The van der Waals surface area contributed by atoms with E-state index in [4.69, 9.17) is 0 Å². The summed E-state index contributed by atoms with van der Waals surface area (Å²) in [5.74, 6) is 0.312. The number of carbonyl (C=O) groups excluding carboxylic acids is 1. The van der Waals surface area contributed by atoms with Crippen molar-refractivity contribution < 1.29 is 4.79 Å². The van der Waals surface area contributed by atoms with Gasteiger partial charge in [0.2, 0.25) is 0 Å². The Labute approximate surface area is 182 Å². The molecule has 30 heavy (non-hydrogen) atoms. The highest BCUT2D eigenvalue weighted by Gasteiger charge is 2.36. The second-order valence-corrected chi connectivity index (χ2v) is 10.00. The Morgan fingerprint density at radius 1 is 1.13 bits per heavy atom. The molecule has 0 spiro atoms. The van der Waals surface area contributed by atoms with E-state index in [0.29, 0.717) is 12.5 Å². The molecule has 1 atom stereocenters. The molecular formula is C25H29N3OS. The lowest BCUT2D eigenvalue weighted by Crippen LogP contribution is -2.39. The maximum Gasteiger partial charge on any atom is 0.322 e. The first-order chi connectivity index (χ1) is 14.5. The lowest BCUT2D eigenvalue weighted by molar-refractivity contribution is 0.161. The molecule has 3 aromatic rings. The van der Waals surface area contributed by atoms with Gasteiger partial charge in [0.05, 0.1) is 12.6 Å². The van der Waals surface area contributed by atoms with Crippen LogP contribution in [0.2, 0.25) is 0 Å². The molecule has 1 N–H and O–H groups in total. The van der Waals surface area contributed by atoms with Gasteiger partial charge < -0.3 is 14.8 Å². The van der Waals surface area contributed by atoms with Gasteiger partial charge in [-0.1, -0.05) is 26.0 Å².